The van der Waals surface area contributed by atoms with Gasteiger partial charge in [-0.25, -0.2) is 13.9 Å². The van der Waals surface area contributed by atoms with Crippen molar-refractivity contribution in [1.82, 2.24) is 14.2 Å². The summed E-state index contributed by atoms with van der Waals surface area (Å²) < 4.78 is 42.8. The van der Waals surface area contributed by atoms with Crippen LogP contribution in [-0.2, 0) is 6.54 Å². The fourth-order valence-corrected chi connectivity index (χ4v) is 2.28. The molecule has 1 N–H and O–H groups in total. The van der Waals surface area contributed by atoms with Gasteiger partial charge >= 0.3 is 12.1 Å². The summed E-state index contributed by atoms with van der Waals surface area (Å²) in [5.74, 6) is -0.319. The van der Waals surface area contributed by atoms with Gasteiger partial charge < -0.3 is 9.84 Å². The molecule has 126 valence electrons. The lowest BCUT2D eigenvalue weighted by Gasteiger charge is -2.09. The lowest BCUT2D eigenvalue weighted by Crippen LogP contribution is -2.22. The monoisotopic (exact) mass is 339 g/mol. The van der Waals surface area contributed by atoms with Crippen molar-refractivity contribution in [1.29, 1.82) is 0 Å². The third-order valence-electron chi connectivity index (χ3n) is 3.31. The smallest absolute Gasteiger partial charge is 0.406 e. The van der Waals surface area contributed by atoms with Crippen LogP contribution < -0.4 is 10.4 Å². The Bertz CT molecular complexity index is 914. The second-order valence-corrected chi connectivity index (χ2v) is 4.95. The molecule has 0 saturated carbocycles. The van der Waals surface area contributed by atoms with Crippen molar-refractivity contribution in [2.24, 2.45) is 0 Å². The first-order valence-electron chi connectivity index (χ1n) is 6.94. The van der Waals surface area contributed by atoms with Crippen LogP contribution in [0.1, 0.15) is 0 Å². The van der Waals surface area contributed by atoms with Gasteiger partial charge in [0.05, 0.1) is 13.2 Å². The molecule has 0 atom stereocenters. The number of pyridine rings is 1. The van der Waals surface area contributed by atoms with Crippen molar-refractivity contribution in [2.75, 3.05) is 6.61 Å². The highest BCUT2D eigenvalue weighted by atomic mass is 19.4. The summed E-state index contributed by atoms with van der Waals surface area (Å²) in [6.45, 7) is -0.128. The van der Waals surface area contributed by atoms with Gasteiger partial charge in [0.15, 0.2) is 5.65 Å². The molecule has 6 nitrogen and oxygen atoms in total. The minimum atomic E-state index is -4.74. The molecule has 0 aliphatic heterocycles. The highest BCUT2D eigenvalue weighted by molar-refractivity contribution is 5.65. The van der Waals surface area contributed by atoms with Crippen molar-refractivity contribution < 1.29 is 23.0 Å². The molecule has 2 aromatic heterocycles. The number of hydrogen-bond donors (Lipinski definition) is 1. The van der Waals surface area contributed by atoms with E-state index in [0.717, 1.165) is 4.68 Å². The molecule has 9 heteroatoms. The van der Waals surface area contributed by atoms with E-state index in [-0.39, 0.29) is 18.9 Å². The average Bonchev–Trinajstić information content (AvgIpc) is 2.83. The number of rotatable bonds is 4. The number of ether oxygens (including phenoxy) is 1. The van der Waals surface area contributed by atoms with Gasteiger partial charge in [-0.05, 0) is 35.4 Å². The van der Waals surface area contributed by atoms with Crippen LogP contribution in [0.4, 0.5) is 13.2 Å². The summed E-state index contributed by atoms with van der Waals surface area (Å²) in [6.07, 6.45) is -3.20. The molecular formula is C15H12F3N3O3. The number of halogens is 3. The lowest BCUT2D eigenvalue weighted by atomic mass is 10.1. The van der Waals surface area contributed by atoms with Crippen molar-refractivity contribution in [3.05, 3.63) is 53.1 Å². The summed E-state index contributed by atoms with van der Waals surface area (Å²) in [5, 5.41) is 13.0. The van der Waals surface area contributed by atoms with E-state index in [1.807, 2.05) is 0 Å². The SMILES string of the molecule is O=c1n(CCO)nc2ccc(-c3ccc(OC(F)(F)F)cc3)cn12. The van der Waals surface area contributed by atoms with Crippen molar-refractivity contribution in [2.45, 2.75) is 12.9 Å². The highest BCUT2D eigenvalue weighted by Crippen LogP contribution is 2.26. The van der Waals surface area contributed by atoms with Gasteiger partial charge in [-0.15, -0.1) is 18.3 Å². The average molecular weight is 339 g/mol. The molecule has 0 unspecified atom stereocenters. The van der Waals surface area contributed by atoms with Crippen LogP contribution in [-0.4, -0.2) is 32.3 Å². The Labute approximate surface area is 133 Å². The van der Waals surface area contributed by atoms with E-state index in [1.54, 1.807) is 12.1 Å². The van der Waals surface area contributed by atoms with Crippen molar-refractivity contribution in [3.8, 4) is 16.9 Å². The van der Waals surface area contributed by atoms with Gasteiger partial charge in [-0.3, -0.25) is 0 Å². The zero-order valence-electron chi connectivity index (χ0n) is 12.2. The maximum absolute atomic E-state index is 12.2. The molecule has 0 aliphatic rings. The normalized spacial score (nSPS) is 11.8. The van der Waals surface area contributed by atoms with E-state index < -0.39 is 12.1 Å². The Hall–Kier alpha value is -2.81. The number of nitrogens with zero attached hydrogens (tertiary/aromatic N) is 3. The molecule has 2 heterocycles. The quantitative estimate of drug-likeness (QED) is 0.790. The summed E-state index contributed by atoms with van der Waals surface area (Å²) >= 11 is 0. The maximum atomic E-state index is 12.2. The van der Waals surface area contributed by atoms with Crippen molar-refractivity contribution >= 4 is 5.65 Å². The summed E-state index contributed by atoms with van der Waals surface area (Å²) in [4.78, 5) is 12.1. The fourth-order valence-electron chi connectivity index (χ4n) is 2.28. The molecule has 0 saturated heterocycles. The first-order chi connectivity index (χ1) is 11.4. The largest absolute Gasteiger partial charge is 0.573 e. The predicted molar refractivity (Wildman–Crippen MR) is 78.7 cm³/mol. The first-order valence-corrected chi connectivity index (χ1v) is 6.94. The highest BCUT2D eigenvalue weighted by Gasteiger charge is 2.30. The molecule has 0 amide bonds. The predicted octanol–water partition coefficient (Wildman–Crippen LogP) is 2.05. The van der Waals surface area contributed by atoms with Crippen LogP contribution in [0.25, 0.3) is 16.8 Å². The van der Waals surface area contributed by atoms with E-state index in [4.69, 9.17) is 5.11 Å². The third-order valence-corrected chi connectivity index (χ3v) is 3.31. The molecule has 0 fully saturated rings. The Morgan fingerprint density at radius 1 is 1.08 bits per heavy atom. The second-order valence-electron chi connectivity index (χ2n) is 4.95. The van der Waals surface area contributed by atoms with Crippen molar-refractivity contribution in [3.63, 3.8) is 0 Å². The van der Waals surface area contributed by atoms with Crippen LogP contribution in [0.5, 0.6) is 5.75 Å². The molecule has 3 aromatic rings. The topological polar surface area (TPSA) is 68.8 Å². The standard InChI is InChI=1S/C15H12F3N3O3/c16-15(17,18)24-12-4-1-10(2-5-12)11-3-6-13-19-21(7-8-22)14(23)20(13)9-11/h1-6,9,22H,7-8H2. The number of fused-ring (bicyclic) bond motifs is 1. The number of aromatic nitrogens is 3. The molecule has 0 aliphatic carbocycles. The van der Waals surface area contributed by atoms with Crippen LogP contribution in [0.2, 0.25) is 0 Å². The third kappa shape index (κ3) is 3.25. The lowest BCUT2D eigenvalue weighted by molar-refractivity contribution is -0.274. The van der Waals surface area contributed by atoms with E-state index in [0.29, 0.717) is 16.8 Å². The van der Waals surface area contributed by atoms with Crippen LogP contribution >= 0.6 is 0 Å². The van der Waals surface area contributed by atoms with Crippen LogP contribution in [0.15, 0.2) is 47.4 Å². The van der Waals surface area contributed by atoms with Gasteiger partial charge in [-0.1, -0.05) is 12.1 Å². The first kappa shape index (κ1) is 16.1. The molecule has 0 radical (unpaired) electrons. The summed E-state index contributed by atoms with van der Waals surface area (Å²) in [7, 11) is 0. The van der Waals surface area contributed by atoms with Gasteiger partial charge in [0.1, 0.15) is 5.75 Å². The molecule has 0 bridgehead atoms. The Morgan fingerprint density at radius 2 is 1.75 bits per heavy atom. The van der Waals surface area contributed by atoms with E-state index in [9.17, 15) is 18.0 Å². The van der Waals surface area contributed by atoms with E-state index in [2.05, 4.69) is 9.84 Å². The fraction of sp³-hybridized carbons (Fsp3) is 0.200. The molecular weight excluding hydrogens is 327 g/mol. The van der Waals surface area contributed by atoms with Crippen LogP contribution in [0.3, 0.4) is 0 Å². The minimum absolute atomic E-state index is 0.0827. The van der Waals surface area contributed by atoms with E-state index in [1.165, 1.54) is 34.9 Å². The van der Waals surface area contributed by atoms with Gasteiger partial charge in [0, 0.05) is 6.20 Å². The number of benzene rings is 1. The zero-order valence-corrected chi connectivity index (χ0v) is 12.2. The summed E-state index contributed by atoms with van der Waals surface area (Å²) in [5.41, 5.74) is 1.26. The number of hydrogen-bond acceptors (Lipinski definition) is 4. The Balaban J connectivity index is 1.94. The summed E-state index contributed by atoms with van der Waals surface area (Å²) in [6, 6.07) is 8.64. The number of alkyl halides is 3. The molecule has 24 heavy (non-hydrogen) atoms. The zero-order chi connectivity index (χ0) is 17.3. The molecule has 1 aromatic carbocycles. The second kappa shape index (κ2) is 6.00. The molecule has 0 spiro atoms. The maximum Gasteiger partial charge on any atom is 0.573 e. The molecule has 3 rings (SSSR count). The number of aliphatic hydroxyl groups excluding tert-OH is 1. The Kier molecular flexibility index (Phi) is 4.02. The van der Waals surface area contributed by atoms with Gasteiger partial charge in [0.2, 0.25) is 0 Å². The van der Waals surface area contributed by atoms with Crippen LogP contribution in [0, 0.1) is 0 Å². The van der Waals surface area contributed by atoms with E-state index >= 15 is 0 Å². The van der Waals surface area contributed by atoms with Gasteiger partial charge in [-0.2, -0.15) is 0 Å². The van der Waals surface area contributed by atoms with Gasteiger partial charge in [0.25, 0.3) is 0 Å². The number of aliphatic hydroxyl groups is 1. The Morgan fingerprint density at radius 3 is 2.38 bits per heavy atom. The minimum Gasteiger partial charge on any atom is -0.406 e.